The molecule has 0 heterocycles. The van der Waals surface area contributed by atoms with E-state index in [0.717, 1.165) is 12.1 Å². The number of rotatable bonds is 6. The van der Waals surface area contributed by atoms with Crippen molar-refractivity contribution in [1.29, 1.82) is 0 Å². The number of hydrogen-bond donors (Lipinski definition) is 1. The first kappa shape index (κ1) is 19.7. The van der Waals surface area contributed by atoms with Gasteiger partial charge in [-0.3, -0.25) is 4.79 Å². The van der Waals surface area contributed by atoms with E-state index >= 15 is 0 Å². The number of likely N-dealkylation sites (N-methyl/N-ethyl adjacent to an activating group) is 1. The number of benzene rings is 1. The van der Waals surface area contributed by atoms with Crippen LogP contribution < -0.4 is 4.72 Å². The molecule has 0 radical (unpaired) electrons. The summed E-state index contributed by atoms with van der Waals surface area (Å²) in [5.41, 5.74) is -1.25. The molecule has 0 aliphatic heterocycles. The average molecular weight is 373 g/mol. The van der Waals surface area contributed by atoms with Gasteiger partial charge in [0, 0.05) is 13.1 Å². The average Bonchev–Trinajstić information content (AvgIpc) is 2.45. The maximum absolute atomic E-state index is 12.8. The lowest BCUT2D eigenvalue weighted by Gasteiger charge is -2.19. The Morgan fingerprint density at radius 1 is 1.26 bits per heavy atom. The summed E-state index contributed by atoms with van der Waals surface area (Å²) in [5.74, 6) is -0.469. The zero-order chi connectivity index (χ0) is 17.8. The summed E-state index contributed by atoms with van der Waals surface area (Å²) in [6, 6.07) is 2.24. The third-order valence-electron chi connectivity index (χ3n) is 3.08. The van der Waals surface area contributed by atoms with Crippen LogP contribution in [-0.4, -0.2) is 38.9 Å². The molecular weight excluding hydrogens is 357 g/mol. The summed E-state index contributed by atoms with van der Waals surface area (Å²) in [4.78, 5) is 12.5. The molecular formula is C13H16ClF3N2O3S. The number of halogens is 4. The molecule has 10 heteroatoms. The topological polar surface area (TPSA) is 66.5 Å². The molecule has 0 saturated carbocycles. The Labute approximate surface area is 137 Å². The molecule has 23 heavy (non-hydrogen) atoms. The molecule has 0 unspecified atom stereocenters. The summed E-state index contributed by atoms with van der Waals surface area (Å²) in [6.07, 6.45) is -4.78. The highest BCUT2D eigenvalue weighted by atomic mass is 35.5. The second-order valence-electron chi connectivity index (χ2n) is 4.53. The zero-order valence-electron chi connectivity index (χ0n) is 12.4. The van der Waals surface area contributed by atoms with Crippen molar-refractivity contribution in [3.63, 3.8) is 0 Å². The van der Waals surface area contributed by atoms with Crippen LogP contribution in [0.5, 0.6) is 0 Å². The lowest BCUT2D eigenvalue weighted by molar-refractivity contribution is -0.137. The maximum Gasteiger partial charge on any atom is 0.417 e. The van der Waals surface area contributed by atoms with Crippen molar-refractivity contribution in [2.45, 2.75) is 24.9 Å². The second kappa shape index (κ2) is 7.50. The van der Waals surface area contributed by atoms with E-state index in [2.05, 4.69) is 0 Å². The lowest BCUT2D eigenvalue weighted by Crippen LogP contribution is -2.40. The normalized spacial score (nSPS) is 12.3. The van der Waals surface area contributed by atoms with Gasteiger partial charge in [0.2, 0.25) is 15.9 Å². The van der Waals surface area contributed by atoms with Gasteiger partial charge in [-0.15, -0.1) is 0 Å². The highest BCUT2D eigenvalue weighted by molar-refractivity contribution is 7.89. The first-order valence-corrected chi connectivity index (χ1v) is 8.53. The summed E-state index contributed by atoms with van der Waals surface area (Å²) >= 11 is 5.44. The van der Waals surface area contributed by atoms with Gasteiger partial charge in [0.25, 0.3) is 0 Å². The van der Waals surface area contributed by atoms with Gasteiger partial charge in [0.15, 0.2) is 0 Å². The van der Waals surface area contributed by atoms with E-state index in [1.54, 1.807) is 13.8 Å². The summed E-state index contributed by atoms with van der Waals surface area (Å²) in [6.45, 7) is 3.72. The largest absolute Gasteiger partial charge is 0.417 e. The van der Waals surface area contributed by atoms with Crippen LogP contribution in [0.25, 0.3) is 0 Å². The van der Waals surface area contributed by atoms with Crippen LogP contribution in [0.15, 0.2) is 23.1 Å². The molecule has 130 valence electrons. The number of carbonyl (C=O) groups excluding carboxylic acids is 1. The highest BCUT2D eigenvalue weighted by Gasteiger charge is 2.34. The number of sulfonamides is 1. The van der Waals surface area contributed by atoms with Crippen LogP contribution in [0.3, 0.4) is 0 Å². The van der Waals surface area contributed by atoms with Crippen LogP contribution in [0.2, 0.25) is 5.02 Å². The summed E-state index contributed by atoms with van der Waals surface area (Å²) < 4.78 is 64.4. The number of carbonyl (C=O) groups is 1. The van der Waals surface area contributed by atoms with Crippen LogP contribution in [0.4, 0.5) is 13.2 Å². The quantitative estimate of drug-likeness (QED) is 0.834. The van der Waals surface area contributed by atoms with Crippen LogP contribution in [0.1, 0.15) is 19.4 Å². The minimum absolute atomic E-state index is 0.399. The van der Waals surface area contributed by atoms with Crippen LogP contribution in [-0.2, 0) is 21.0 Å². The molecule has 5 nitrogen and oxygen atoms in total. The van der Waals surface area contributed by atoms with Crippen LogP contribution in [0, 0.1) is 0 Å². The van der Waals surface area contributed by atoms with Crippen molar-refractivity contribution in [1.82, 2.24) is 9.62 Å². The van der Waals surface area contributed by atoms with E-state index in [4.69, 9.17) is 11.6 Å². The molecule has 0 fully saturated rings. The fourth-order valence-electron chi connectivity index (χ4n) is 1.82. The standard InChI is InChI=1S/C13H16ClF3N2O3S/c1-3-19(4-2)12(20)8-18-23(21,22)9-5-6-11(14)10(7-9)13(15,16)17/h5-7,18H,3-4,8H2,1-2H3. The third-order valence-corrected chi connectivity index (χ3v) is 4.81. The van der Waals surface area contributed by atoms with Crippen LogP contribution >= 0.6 is 11.6 Å². The highest BCUT2D eigenvalue weighted by Crippen LogP contribution is 2.35. The van der Waals surface area contributed by atoms with Crippen molar-refractivity contribution in [3.05, 3.63) is 28.8 Å². The predicted molar refractivity (Wildman–Crippen MR) is 79.6 cm³/mol. The van der Waals surface area contributed by atoms with E-state index in [0.29, 0.717) is 19.2 Å². The Hall–Kier alpha value is -1.32. The minimum atomic E-state index is -4.78. The second-order valence-corrected chi connectivity index (χ2v) is 6.70. The monoisotopic (exact) mass is 372 g/mol. The SMILES string of the molecule is CCN(CC)C(=O)CNS(=O)(=O)c1ccc(Cl)c(C(F)(F)F)c1. The molecule has 1 N–H and O–H groups in total. The van der Waals surface area contributed by atoms with Gasteiger partial charge in [-0.25, -0.2) is 13.1 Å². The number of hydrogen-bond acceptors (Lipinski definition) is 3. The molecule has 1 rings (SSSR count). The van der Waals surface area contributed by atoms with Gasteiger partial charge < -0.3 is 4.90 Å². The first-order chi connectivity index (χ1) is 10.5. The van der Waals surface area contributed by atoms with Gasteiger partial charge in [-0.2, -0.15) is 13.2 Å². The Morgan fingerprint density at radius 2 is 1.83 bits per heavy atom. The smallest absolute Gasteiger partial charge is 0.342 e. The Bertz CT molecular complexity index is 674. The molecule has 1 aromatic rings. The molecule has 0 aliphatic carbocycles. The Balaban J connectivity index is 3.00. The number of amides is 1. The lowest BCUT2D eigenvalue weighted by atomic mass is 10.2. The molecule has 1 amide bonds. The summed E-state index contributed by atoms with van der Waals surface area (Å²) in [5, 5.41) is -0.601. The van der Waals surface area contributed by atoms with Crippen molar-refractivity contribution in [2.24, 2.45) is 0 Å². The third kappa shape index (κ3) is 5.08. The molecule has 1 aromatic carbocycles. The van der Waals surface area contributed by atoms with Gasteiger partial charge in [0.05, 0.1) is 22.0 Å². The molecule has 0 aliphatic rings. The van der Waals surface area contributed by atoms with Gasteiger partial charge in [-0.05, 0) is 32.0 Å². The van der Waals surface area contributed by atoms with E-state index < -0.39 is 44.1 Å². The zero-order valence-corrected chi connectivity index (χ0v) is 14.0. The van der Waals surface area contributed by atoms with Crippen molar-refractivity contribution in [2.75, 3.05) is 19.6 Å². The number of nitrogens with one attached hydrogen (secondary N) is 1. The van der Waals surface area contributed by atoms with Gasteiger partial charge in [-0.1, -0.05) is 11.6 Å². The van der Waals surface area contributed by atoms with Gasteiger partial charge >= 0.3 is 6.18 Å². The molecule has 0 bridgehead atoms. The predicted octanol–water partition coefficient (Wildman–Crippen LogP) is 2.51. The fourth-order valence-corrected chi connectivity index (χ4v) is 3.04. The Kier molecular flexibility index (Phi) is 6.43. The minimum Gasteiger partial charge on any atom is -0.342 e. The number of alkyl halides is 3. The van der Waals surface area contributed by atoms with Crippen molar-refractivity contribution in [3.8, 4) is 0 Å². The van der Waals surface area contributed by atoms with E-state index in [9.17, 15) is 26.4 Å². The fraction of sp³-hybridized carbons (Fsp3) is 0.462. The number of nitrogens with zero attached hydrogens (tertiary/aromatic N) is 1. The van der Waals surface area contributed by atoms with Crippen molar-refractivity contribution < 1.29 is 26.4 Å². The Morgan fingerprint density at radius 3 is 2.30 bits per heavy atom. The van der Waals surface area contributed by atoms with E-state index in [1.807, 2.05) is 4.72 Å². The summed E-state index contributed by atoms with van der Waals surface area (Å²) in [7, 11) is -4.26. The van der Waals surface area contributed by atoms with E-state index in [-0.39, 0.29) is 0 Å². The maximum atomic E-state index is 12.8. The molecule has 0 aromatic heterocycles. The first-order valence-electron chi connectivity index (χ1n) is 6.67. The van der Waals surface area contributed by atoms with Gasteiger partial charge in [0.1, 0.15) is 0 Å². The molecule has 0 saturated heterocycles. The van der Waals surface area contributed by atoms with Crippen molar-refractivity contribution >= 4 is 27.5 Å². The van der Waals surface area contributed by atoms with E-state index in [1.165, 1.54) is 4.90 Å². The molecule has 0 spiro atoms. The molecule has 0 atom stereocenters.